The van der Waals surface area contributed by atoms with Crippen molar-refractivity contribution in [2.24, 2.45) is 0 Å². The fraction of sp³-hybridized carbons (Fsp3) is 0. The van der Waals surface area contributed by atoms with Gasteiger partial charge in [0.05, 0.1) is 55.0 Å². The molecule has 0 saturated heterocycles. The number of hydrogen-bond donors (Lipinski definition) is 0. The van der Waals surface area contributed by atoms with Crippen LogP contribution in [0.25, 0.3) is 166 Å². The first-order valence-electron chi connectivity index (χ1n) is 27.5. The van der Waals surface area contributed by atoms with Gasteiger partial charge in [-0.25, -0.2) is 4.85 Å². The minimum absolute atomic E-state index is 0.401. The van der Waals surface area contributed by atoms with Gasteiger partial charge in [-0.3, -0.25) is 0 Å². The van der Waals surface area contributed by atoms with Gasteiger partial charge in [0.25, 0.3) is 0 Å². The van der Waals surface area contributed by atoms with Crippen molar-refractivity contribution in [2.45, 2.75) is 0 Å². The molecule has 0 radical (unpaired) electrons. The fourth-order valence-electron chi connectivity index (χ4n) is 13.5. The highest BCUT2D eigenvalue weighted by atomic mass is 32.1. The minimum Gasteiger partial charge on any atom is -0.317 e. The lowest BCUT2D eigenvalue weighted by atomic mass is 9.87. The Bertz CT molecular complexity index is 5400. The molecule has 0 aliphatic carbocycles. The van der Waals surface area contributed by atoms with Crippen LogP contribution in [0, 0.1) is 17.9 Å². The normalized spacial score (nSPS) is 11.9. The predicted octanol–water partition coefficient (Wildman–Crippen LogP) is 22.0. The number of aromatic nitrogens is 2. The molecule has 0 saturated carbocycles. The van der Waals surface area contributed by atoms with Gasteiger partial charge >= 0.3 is 0 Å². The molecule has 0 aliphatic heterocycles. The van der Waals surface area contributed by atoms with Crippen molar-refractivity contribution in [3.63, 3.8) is 0 Å². The highest BCUT2D eigenvalue weighted by Gasteiger charge is 2.34. The van der Waals surface area contributed by atoms with Gasteiger partial charge in [-0.05, 0) is 91.3 Å². The molecule has 0 fully saturated rings. The monoisotopic (exact) mass is 1070 g/mol. The molecule has 82 heavy (non-hydrogen) atoms. The third-order valence-electron chi connectivity index (χ3n) is 16.9. The molecule has 0 bridgehead atoms. The largest absolute Gasteiger partial charge is 0.317 e. The van der Waals surface area contributed by atoms with E-state index in [0.29, 0.717) is 16.8 Å². The molecule has 17 aromatic rings. The van der Waals surface area contributed by atoms with Gasteiger partial charge in [0.2, 0.25) is 5.69 Å². The van der Waals surface area contributed by atoms with Crippen molar-refractivity contribution in [1.29, 1.82) is 5.26 Å². The number of rotatable bonds is 6. The SMILES string of the molecule is [C-]#[N+]c1c(-c2ccc3ccccc3c2)c(C#N)c(-n2c3cccc(-c4ccccc4)c3c3ccc4c5ccccc5sc4c32)c(-c2ccc3ccccc3c2)c1-n1c2cccc(-c3ccccc3)c2c2ccc3c4ccccc4sc3c21. The van der Waals surface area contributed by atoms with E-state index in [1.807, 2.05) is 0 Å². The molecule has 0 aliphatic rings. The van der Waals surface area contributed by atoms with Crippen LogP contribution in [0.3, 0.4) is 0 Å². The molecule has 17 rings (SSSR count). The molecule has 13 aromatic carbocycles. The molecule has 378 valence electrons. The lowest BCUT2D eigenvalue weighted by Gasteiger charge is -2.26. The van der Waals surface area contributed by atoms with Crippen LogP contribution in [0.15, 0.2) is 255 Å². The lowest BCUT2D eigenvalue weighted by molar-refractivity contribution is 1.14. The highest BCUT2D eigenvalue weighted by molar-refractivity contribution is 7.27. The Morgan fingerprint density at radius 2 is 0.805 bits per heavy atom. The van der Waals surface area contributed by atoms with Crippen LogP contribution in [0.5, 0.6) is 0 Å². The summed E-state index contributed by atoms with van der Waals surface area (Å²) >= 11 is 3.59. The van der Waals surface area contributed by atoms with Crippen LogP contribution in [-0.2, 0) is 0 Å². The number of thiophene rings is 2. The highest BCUT2D eigenvalue weighted by Crippen LogP contribution is 2.56. The quantitative estimate of drug-likeness (QED) is 0.153. The van der Waals surface area contributed by atoms with E-state index < -0.39 is 0 Å². The molecule has 0 amide bonds. The average Bonchev–Trinajstić information content (AvgIpc) is 4.40. The number of hydrogen-bond acceptors (Lipinski definition) is 3. The van der Waals surface area contributed by atoms with Crippen LogP contribution in [0.1, 0.15) is 5.56 Å². The number of fused-ring (bicyclic) bond motifs is 16. The van der Waals surface area contributed by atoms with E-state index in [-0.39, 0.29) is 0 Å². The third-order valence-corrected chi connectivity index (χ3v) is 19.3. The summed E-state index contributed by atoms with van der Waals surface area (Å²) in [5.74, 6) is 0. The summed E-state index contributed by atoms with van der Waals surface area (Å²) in [6, 6.07) is 94.1. The Kier molecular flexibility index (Phi) is 10.1. The van der Waals surface area contributed by atoms with Gasteiger partial charge < -0.3 is 9.13 Å². The Morgan fingerprint density at radius 3 is 1.30 bits per heavy atom. The first kappa shape index (κ1) is 46.3. The molecule has 0 unspecified atom stereocenters. The zero-order chi connectivity index (χ0) is 54.2. The van der Waals surface area contributed by atoms with Gasteiger partial charge in [-0.1, -0.05) is 218 Å². The maximum absolute atomic E-state index is 12.6. The maximum atomic E-state index is 12.6. The van der Waals surface area contributed by atoms with Gasteiger partial charge in [-0.15, -0.1) is 22.7 Å². The Balaban J connectivity index is 1.18. The van der Waals surface area contributed by atoms with E-state index in [9.17, 15) is 11.8 Å². The summed E-state index contributed by atoms with van der Waals surface area (Å²) in [5.41, 5.74) is 13.7. The maximum Gasteiger partial charge on any atom is 0.220 e. The third kappa shape index (κ3) is 6.62. The second-order valence-corrected chi connectivity index (χ2v) is 23.3. The standard InChI is InChI=1S/C76H42N4S2/c1-78-70-66(51-36-34-45-18-8-10-24-49(45)42-51)61(44-77)71(79-62-30-16-28-53(47-20-4-2-5-21-47)68(62)59-40-38-57-55-26-12-14-32-64(55)81-75(57)72(59)79)67(52-37-35-46-19-9-11-25-50(46)43-52)74(70)80-63-31-17-29-54(48-22-6-3-7-23-48)69(63)60-41-39-58-56-27-13-15-33-65(56)82-76(58)73(60)80/h2-43H. The van der Waals surface area contributed by atoms with Crippen LogP contribution in [0.2, 0.25) is 0 Å². The molecule has 0 atom stereocenters. The molecule has 4 heterocycles. The predicted molar refractivity (Wildman–Crippen MR) is 349 cm³/mol. The molecular weight excluding hydrogens is 1030 g/mol. The summed E-state index contributed by atoms with van der Waals surface area (Å²) in [7, 11) is 0. The van der Waals surface area contributed by atoms with Gasteiger partial charge in [-0.2, -0.15) is 5.26 Å². The topological polar surface area (TPSA) is 38.0 Å². The Hall–Kier alpha value is -10.6. The Morgan fingerprint density at radius 1 is 0.366 bits per heavy atom. The summed E-state index contributed by atoms with van der Waals surface area (Å²) in [4.78, 5) is 4.81. The van der Waals surface area contributed by atoms with Gasteiger partial charge in [0, 0.05) is 63.6 Å². The molecular formula is C76H42N4S2. The van der Waals surface area contributed by atoms with Crippen LogP contribution >= 0.6 is 22.7 Å². The number of benzene rings is 13. The molecule has 4 nitrogen and oxygen atoms in total. The number of nitrogens with zero attached hydrogens (tertiary/aromatic N) is 4. The zero-order valence-corrected chi connectivity index (χ0v) is 45.5. The van der Waals surface area contributed by atoms with Crippen molar-refractivity contribution in [3.8, 4) is 62.0 Å². The van der Waals surface area contributed by atoms with Crippen molar-refractivity contribution >= 4 is 134 Å². The van der Waals surface area contributed by atoms with Crippen LogP contribution in [0.4, 0.5) is 5.69 Å². The van der Waals surface area contributed by atoms with E-state index >= 15 is 0 Å². The van der Waals surface area contributed by atoms with Gasteiger partial charge in [0.1, 0.15) is 6.07 Å². The molecule has 4 aromatic heterocycles. The summed E-state index contributed by atoms with van der Waals surface area (Å²) in [6.07, 6.45) is 0. The first-order valence-corrected chi connectivity index (χ1v) is 29.1. The van der Waals surface area contributed by atoms with Crippen LogP contribution < -0.4 is 0 Å². The lowest BCUT2D eigenvalue weighted by Crippen LogP contribution is -2.09. The molecule has 6 heteroatoms. The van der Waals surface area contributed by atoms with E-state index in [2.05, 4.69) is 270 Å². The smallest absolute Gasteiger partial charge is 0.220 e. The van der Waals surface area contributed by atoms with Gasteiger partial charge in [0.15, 0.2) is 0 Å². The number of nitriles is 1. The van der Waals surface area contributed by atoms with Crippen molar-refractivity contribution < 1.29 is 0 Å². The second kappa shape index (κ2) is 18.0. The minimum atomic E-state index is 0.401. The van der Waals surface area contributed by atoms with Crippen molar-refractivity contribution in [2.75, 3.05) is 0 Å². The summed E-state index contributed by atoms with van der Waals surface area (Å²) < 4.78 is 9.49. The van der Waals surface area contributed by atoms with E-state index in [0.717, 1.165) is 136 Å². The molecule has 0 N–H and O–H groups in total. The summed E-state index contributed by atoms with van der Waals surface area (Å²) in [6.45, 7) is 9.85. The van der Waals surface area contributed by atoms with E-state index in [1.54, 1.807) is 22.7 Å². The van der Waals surface area contributed by atoms with Crippen molar-refractivity contribution in [3.05, 3.63) is 272 Å². The molecule has 0 spiro atoms. The van der Waals surface area contributed by atoms with E-state index in [4.69, 9.17) is 4.85 Å². The Labute approximate surface area is 478 Å². The first-order chi connectivity index (χ1) is 40.6. The second-order valence-electron chi connectivity index (χ2n) is 21.2. The van der Waals surface area contributed by atoms with E-state index in [1.165, 1.54) is 20.2 Å². The summed E-state index contributed by atoms with van der Waals surface area (Å²) in [5, 5.41) is 25.9. The fourth-order valence-corrected chi connectivity index (χ4v) is 15.9. The van der Waals surface area contributed by atoms with Crippen LogP contribution in [-0.4, -0.2) is 9.13 Å². The average molecular weight is 1080 g/mol. The van der Waals surface area contributed by atoms with Crippen molar-refractivity contribution in [1.82, 2.24) is 9.13 Å². The zero-order valence-electron chi connectivity index (χ0n) is 43.9.